The lowest BCUT2D eigenvalue weighted by Crippen LogP contribution is -2.38. The van der Waals surface area contributed by atoms with Crippen LogP contribution in [0.5, 0.6) is 0 Å². The van der Waals surface area contributed by atoms with E-state index in [9.17, 15) is 57.5 Å². The molecule has 0 spiro atoms. The Morgan fingerprint density at radius 3 is 2.31 bits per heavy atom. The van der Waals surface area contributed by atoms with Gasteiger partial charge in [-0.05, 0) is 0 Å². The maximum Gasteiger partial charge on any atom is 0.280 e. The molecule has 26 heteroatoms. The van der Waals surface area contributed by atoms with Crippen LogP contribution in [0.15, 0.2) is 11.1 Å². The third-order valence-electron chi connectivity index (χ3n) is 4.08. The van der Waals surface area contributed by atoms with E-state index in [1.165, 1.54) is 0 Å². The maximum atomic E-state index is 11.9. The van der Waals surface area contributed by atoms with Crippen LogP contribution in [0.2, 0.25) is 0 Å². The number of aliphatic hydroxyl groups excluding tert-OH is 1. The Morgan fingerprint density at radius 1 is 1.08 bits per heavy atom. The van der Waals surface area contributed by atoms with Crippen LogP contribution in [0.1, 0.15) is 6.23 Å². The Kier molecular flexibility index (Phi) is 8.14. The smallest absolute Gasteiger partial charge is 0.280 e. The van der Waals surface area contributed by atoms with Gasteiger partial charge in [-0.3, -0.25) is 27.8 Å². The van der Waals surface area contributed by atoms with Gasteiger partial charge in [0.15, 0.2) is 17.4 Å². The Balaban J connectivity index is 1.85. The van der Waals surface area contributed by atoms with E-state index in [0.29, 0.717) is 0 Å². The summed E-state index contributed by atoms with van der Waals surface area (Å²) < 4.78 is 65.3. The highest BCUT2D eigenvalue weighted by Gasteiger charge is 2.47. The summed E-state index contributed by atoms with van der Waals surface area (Å²) in [4.78, 5) is 87.5. The summed E-state index contributed by atoms with van der Waals surface area (Å²) in [6.07, 6.45) is -7.16. The molecule has 6 atom stereocenters. The van der Waals surface area contributed by atoms with Crippen molar-refractivity contribution in [1.82, 2.24) is 19.5 Å². The summed E-state index contributed by atoms with van der Waals surface area (Å²) in [5.74, 6) is -0.410. The van der Waals surface area contributed by atoms with Gasteiger partial charge < -0.3 is 63.1 Å². The second-order valence-electron chi connectivity index (χ2n) is 6.65. The molecule has 1 fully saturated rings. The number of phosphoric acid groups is 4. The Morgan fingerprint density at radius 2 is 1.72 bits per heavy atom. The largest absolute Gasteiger partial charge is 0.790 e. The number of phosphoric ester groups is 2. The number of nitrogens with two attached hydrogens (primary N) is 1. The number of anilines is 1. The van der Waals surface area contributed by atoms with E-state index < -0.39 is 73.9 Å². The molecule has 3 heterocycles. The van der Waals surface area contributed by atoms with E-state index in [4.69, 9.17) is 10.5 Å². The van der Waals surface area contributed by atoms with Crippen molar-refractivity contribution in [2.24, 2.45) is 0 Å². The second-order valence-corrected chi connectivity index (χ2v) is 12.0. The van der Waals surface area contributed by atoms with Crippen molar-refractivity contribution in [3.63, 3.8) is 0 Å². The first-order valence-electron chi connectivity index (χ1n) is 8.75. The first-order chi connectivity index (χ1) is 16.3. The highest BCUT2D eigenvalue weighted by Crippen LogP contribution is 2.60. The average molecular weight is 597 g/mol. The molecule has 0 bridgehead atoms. The molecule has 0 amide bonds. The number of aliphatic hydroxyl groups is 1. The Hall–Kier alpha value is -1.41. The minimum Gasteiger partial charge on any atom is -0.790 e. The lowest BCUT2D eigenvalue weighted by molar-refractivity contribution is -0.347. The molecule has 36 heavy (non-hydrogen) atoms. The molecule has 0 radical (unpaired) electrons. The van der Waals surface area contributed by atoms with Crippen molar-refractivity contribution in [2.45, 2.75) is 24.5 Å². The fourth-order valence-electron chi connectivity index (χ4n) is 2.94. The second kappa shape index (κ2) is 10.0. The van der Waals surface area contributed by atoms with Crippen LogP contribution >= 0.6 is 31.3 Å². The standard InChI is InChI=1S/C10H17N5O17P4/c11-10-13-7-4(8(17)14-10)12-2-15(7)9-5(16)6(30-33(18,19)20)3(29-9)1-28-35(24,25)32-36(26,27)31-34(21,22)23/h2-3,5-6,9,16H,1H2,(H,24,25)(H,26,27)(H2,18,19,20)(H2,21,22,23)(H3,11,13,14,17)/p-6/t3-,5-,6-,9-/m1/s1. The van der Waals surface area contributed by atoms with Crippen molar-refractivity contribution < 1.29 is 75.1 Å². The van der Waals surface area contributed by atoms with Gasteiger partial charge in [-0.15, -0.1) is 0 Å². The van der Waals surface area contributed by atoms with Crippen molar-refractivity contribution in [1.29, 1.82) is 0 Å². The predicted octanol–water partition coefficient (Wildman–Crippen LogP) is -6.01. The number of aromatic amines is 1. The van der Waals surface area contributed by atoms with Gasteiger partial charge >= 0.3 is 0 Å². The van der Waals surface area contributed by atoms with Crippen molar-refractivity contribution >= 4 is 48.4 Å². The summed E-state index contributed by atoms with van der Waals surface area (Å²) in [6.45, 7) is -1.41. The molecule has 2 unspecified atom stereocenters. The van der Waals surface area contributed by atoms with Crippen molar-refractivity contribution in [3.05, 3.63) is 16.7 Å². The number of fused-ring (bicyclic) bond motifs is 1. The fraction of sp³-hybridized carbons (Fsp3) is 0.500. The van der Waals surface area contributed by atoms with Gasteiger partial charge in [0.05, 0.1) is 28.6 Å². The number of imidazole rings is 1. The van der Waals surface area contributed by atoms with Gasteiger partial charge in [-0.2, -0.15) is 4.98 Å². The minimum atomic E-state index is -6.32. The molecule has 0 aliphatic carbocycles. The van der Waals surface area contributed by atoms with Crippen LogP contribution < -0.4 is 40.7 Å². The molecule has 1 saturated heterocycles. The molecule has 1 aliphatic rings. The summed E-state index contributed by atoms with van der Waals surface area (Å²) in [7, 11) is -24.5. The number of hydrogen-bond donors (Lipinski definition) is 3. The van der Waals surface area contributed by atoms with Crippen LogP contribution in [0, 0.1) is 0 Å². The lowest BCUT2D eigenvalue weighted by atomic mass is 10.1. The van der Waals surface area contributed by atoms with Crippen molar-refractivity contribution in [3.8, 4) is 0 Å². The van der Waals surface area contributed by atoms with Crippen LogP contribution in [0.3, 0.4) is 0 Å². The predicted molar refractivity (Wildman–Crippen MR) is 95.9 cm³/mol. The first kappa shape index (κ1) is 29.2. The van der Waals surface area contributed by atoms with E-state index in [2.05, 4.69) is 32.6 Å². The van der Waals surface area contributed by atoms with E-state index in [1.807, 2.05) is 0 Å². The highest BCUT2D eigenvalue weighted by atomic mass is 31.3. The van der Waals surface area contributed by atoms with E-state index in [1.54, 1.807) is 0 Å². The third kappa shape index (κ3) is 7.33. The topological polar surface area (TPSA) is 363 Å². The van der Waals surface area contributed by atoms with Gasteiger partial charge in [-0.1, -0.05) is 0 Å². The van der Waals surface area contributed by atoms with Gasteiger partial charge in [-0.25, -0.2) is 9.29 Å². The Labute approximate surface area is 197 Å². The summed E-state index contributed by atoms with van der Waals surface area (Å²) in [5.41, 5.74) is 3.98. The van der Waals surface area contributed by atoms with Gasteiger partial charge in [0.1, 0.15) is 18.3 Å². The molecular formula is C10H11N5O17P4-6. The molecule has 1 aliphatic heterocycles. The van der Waals surface area contributed by atoms with E-state index in [-0.39, 0.29) is 11.2 Å². The number of aromatic nitrogens is 4. The first-order valence-corrected chi connectivity index (χ1v) is 14.6. The minimum absolute atomic E-state index is 0.310. The third-order valence-corrected chi connectivity index (χ3v) is 8.25. The van der Waals surface area contributed by atoms with Crippen LogP contribution in [0.4, 0.5) is 5.95 Å². The van der Waals surface area contributed by atoms with Crippen LogP contribution in [-0.2, 0) is 40.7 Å². The number of rotatable bonds is 10. The summed E-state index contributed by atoms with van der Waals surface area (Å²) in [6, 6.07) is 0. The molecule has 4 N–H and O–H groups in total. The molecule has 2 aromatic heterocycles. The fourth-order valence-corrected chi connectivity index (χ4v) is 6.36. The zero-order valence-corrected chi connectivity index (χ0v) is 20.4. The number of nitrogens with one attached hydrogen (secondary N) is 1. The highest BCUT2D eigenvalue weighted by molar-refractivity contribution is 7.64. The molecule has 0 aromatic carbocycles. The number of H-pyrrole nitrogens is 1. The molecule has 3 rings (SSSR count). The quantitative estimate of drug-likeness (QED) is 0.214. The number of nitrogens with zero attached hydrogens (tertiary/aromatic N) is 3. The molecular weight excluding hydrogens is 586 g/mol. The van der Waals surface area contributed by atoms with E-state index in [0.717, 1.165) is 10.9 Å². The average Bonchev–Trinajstić information content (AvgIpc) is 3.18. The number of ether oxygens (including phenoxy) is 1. The van der Waals surface area contributed by atoms with Crippen LogP contribution in [0.25, 0.3) is 11.2 Å². The SMILES string of the molecule is Nc1nc2c(ncn2[C@@H]2O[C@H](COP(=O)([O-])OP(=O)([O-])OP(=O)([O-])[O-])[C@@H](OP(=O)([O-])[O-])[C@H]2O)c(=O)[nH]1. The van der Waals surface area contributed by atoms with Gasteiger partial charge in [0, 0.05) is 0 Å². The summed E-state index contributed by atoms with van der Waals surface area (Å²) in [5, 5.41) is 10.5. The monoisotopic (exact) mass is 597 g/mol. The number of nitrogen functional groups attached to an aromatic ring is 1. The zero-order valence-electron chi connectivity index (χ0n) is 16.8. The molecule has 204 valence electrons. The zero-order chi connectivity index (χ0) is 27.3. The van der Waals surface area contributed by atoms with Gasteiger partial charge in [0.2, 0.25) is 5.95 Å². The van der Waals surface area contributed by atoms with E-state index >= 15 is 0 Å². The molecule has 2 aromatic rings. The summed E-state index contributed by atoms with van der Waals surface area (Å²) >= 11 is 0. The lowest BCUT2D eigenvalue weighted by Gasteiger charge is -2.38. The van der Waals surface area contributed by atoms with Crippen molar-refractivity contribution in [2.75, 3.05) is 12.3 Å². The number of hydrogen-bond acceptors (Lipinski definition) is 20. The Bertz CT molecular complexity index is 1380. The van der Waals surface area contributed by atoms with Gasteiger partial charge in [0.25, 0.3) is 21.2 Å². The molecule has 0 saturated carbocycles. The molecule has 22 nitrogen and oxygen atoms in total. The van der Waals surface area contributed by atoms with Crippen LogP contribution in [-0.4, -0.2) is 49.5 Å². The maximum absolute atomic E-state index is 11.9. The normalized spacial score (nSPS) is 26.6.